The number of rotatable bonds is 6. The molecule has 3 rings (SSSR count). The molecule has 1 heterocycles. The lowest BCUT2D eigenvalue weighted by Gasteiger charge is -2.06. The fourth-order valence-electron chi connectivity index (χ4n) is 2.90. The first-order valence-corrected chi connectivity index (χ1v) is 7.85. The third kappa shape index (κ3) is 3.24. The predicted molar refractivity (Wildman–Crippen MR) is 96.9 cm³/mol. The number of hydrogen-bond acceptors (Lipinski definition) is 2. The molecule has 3 N–H and O–H groups in total. The second-order valence-electron chi connectivity index (χ2n) is 5.89. The van der Waals surface area contributed by atoms with Crippen LogP contribution < -0.4 is 5.73 Å². The molecule has 0 amide bonds. The summed E-state index contributed by atoms with van der Waals surface area (Å²) in [5, 5.41) is 10.1. The van der Waals surface area contributed by atoms with Crippen molar-refractivity contribution in [3.63, 3.8) is 0 Å². The summed E-state index contributed by atoms with van der Waals surface area (Å²) in [5.74, 6) is -0.980. The first kappa shape index (κ1) is 16.0. The topological polar surface area (TPSA) is 68.2 Å². The number of para-hydroxylation sites is 1. The zero-order chi connectivity index (χ0) is 17.1. The van der Waals surface area contributed by atoms with Gasteiger partial charge in [0.15, 0.2) is 0 Å². The van der Waals surface area contributed by atoms with E-state index in [2.05, 4.69) is 23.3 Å². The maximum atomic E-state index is 11.1. The number of benzene rings is 2. The van der Waals surface area contributed by atoms with Gasteiger partial charge in [-0.3, -0.25) is 4.79 Å². The molecule has 0 saturated carbocycles. The molecule has 0 spiro atoms. The molecular formula is C20H20N2O2. The van der Waals surface area contributed by atoms with Gasteiger partial charge in [0.25, 0.3) is 0 Å². The van der Waals surface area contributed by atoms with E-state index >= 15 is 0 Å². The molecule has 1 aromatic heterocycles. The zero-order valence-electron chi connectivity index (χ0n) is 13.4. The van der Waals surface area contributed by atoms with E-state index in [0.717, 1.165) is 28.6 Å². The number of nitrogens with zero attached hydrogens (tertiary/aromatic N) is 1. The fourth-order valence-corrected chi connectivity index (χ4v) is 2.90. The summed E-state index contributed by atoms with van der Waals surface area (Å²) in [5.41, 5.74) is 10.0. The van der Waals surface area contributed by atoms with Crippen LogP contribution in [-0.4, -0.2) is 21.7 Å². The zero-order valence-corrected chi connectivity index (χ0v) is 13.4. The highest BCUT2D eigenvalue weighted by molar-refractivity contribution is 5.85. The average Bonchev–Trinajstić information content (AvgIpc) is 2.93. The van der Waals surface area contributed by atoms with Crippen molar-refractivity contribution in [2.75, 3.05) is 0 Å². The van der Waals surface area contributed by atoms with Crippen LogP contribution in [0.25, 0.3) is 17.0 Å². The number of carbonyl (C=O) groups is 1. The van der Waals surface area contributed by atoms with Crippen LogP contribution in [0.2, 0.25) is 0 Å². The molecule has 0 fully saturated rings. The summed E-state index contributed by atoms with van der Waals surface area (Å²) in [6.45, 7) is 4.49. The van der Waals surface area contributed by atoms with E-state index in [-0.39, 0.29) is 0 Å². The molecule has 0 aliphatic carbocycles. The van der Waals surface area contributed by atoms with Crippen LogP contribution in [0, 0.1) is 0 Å². The Hall–Kier alpha value is -2.85. The van der Waals surface area contributed by atoms with E-state index in [1.807, 2.05) is 48.7 Å². The van der Waals surface area contributed by atoms with E-state index in [1.54, 1.807) is 0 Å². The van der Waals surface area contributed by atoms with Gasteiger partial charge >= 0.3 is 5.97 Å². The van der Waals surface area contributed by atoms with E-state index < -0.39 is 12.0 Å². The Kier molecular flexibility index (Phi) is 4.49. The molecule has 0 bridgehead atoms. The largest absolute Gasteiger partial charge is 0.480 e. The van der Waals surface area contributed by atoms with Crippen molar-refractivity contribution in [2.24, 2.45) is 5.73 Å². The van der Waals surface area contributed by atoms with Gasteiger partial charge < -0.3 is 15.4 Å². The van der Waals surface area contributed by atoms with Crippen molar-refractivity contribution in [1.82, 2.24) is 4.57 Å². The first-order valence-electron chi connectivity index (χ1n) is 7.85. The Morgan fingerprint density at radius 1 is 1.21 bits per heavy atom. The van der Waals surface area contributed by atoms with Gasteiger partial charge in [0.1, 0.15) is 6.04 Å². The second-order valence-corrected chi connectivity index (χ2v) is 5.89. The molecule has 1 atom stereocenters. The molecule has 0 saturated heterocycles. The van der Waals surface area contributed by atoms with Crippen LogP contribution in [0.1, 0.15) is 16.7 Å². The Bertz CT molecular complexity index is 878. The van der Waals surface area contributed by atoms with Crippen LogP contribution in [0.4, 0.5) is 0 Å². The molecule has 122 valence electrons. The number of hydrogen-bond donors (Lipinski definition) is 2. The standard InChI is InChI=1S/C20H20N2O2/c1-2-14-7-9-15(10-8-14)12-22-13-16(11-18(21)20(23)24)17-5-3-4-6-19(17)22/h2-10,13,18H,1,11-12,21H2,(H,23,24)/t18-/m0/s1. The lowest BCUT2D eigenvalue weighted by atomic mass is 10.1. The van der Waals surface area contributed by atoms with E-state index in [1.165, 1.54) is 5.56 Å². The first-order chi connectivity index (χ1) is 11.6. The summed E-state index contributed by atoms with van der Waals surface area (Å²) in [6, 6.07) is 15.3. The van der Waals surface area contributed by atoms with Crippen LogP contribution >= 0.6 is 0 Å². The number of aromatic nitrogens is 1. The van der Waals surface area contributed by atoms with Crippen molar-refractivity contribution in [2.45, 2.75) is 19.0 Å². The molecular weight excluding hydrogens is 300 g/mol. The Morgan fingerprint density at radius 2 is 1.92 bits per heavy atom. The van der Waals surface area contributed by atoms with Gasteiger partial charge in [0.05, 0.1) is 0 Å². The molecule has 0 aliphatic rings. The van der Waals surface area contributed by atoms with Gasteiger partial charge in [-0.05, 0) is 22.8 Å². The van der Waals surface area contributed by atoms with Crippen LogP contribution in [0.3, 0.4) is 0 Å². The van der Waals surface area contributed by atoms with Crippen molar-refractivity contribution < 1.29 is 9.90 Å². The average molecular weight is 320 g/mol. The van der Waals surface area contributed by atoms with Gasteiger partial charge in [-0.2, -0.15) is 0 Å². The normalized spacial score (nSPS) is 12.2. The Balaban J connectivity index is 1.95. The number of aliphatic carboxylic acids is 1. The number of carboxylic acids is 1. The third-order valence-electron chi connectivity index (χ3n) is 4.20. The molecule has 0 aliphatic heterocycles. The molecule has 0 radical (unpaired) electrons. The lowest BCUT2D eigenvalue weighted by Crippen LogP contribution is -2.32. The van der Waals surface area contributed by atoms with Crippen LogP contribution in [0.15, 0.2) is 61.3 Å². The summed E-state index contributed by atoms with van der Waals surface area (Å²) in [6.07, 6.45) is 4.15. The third-order valence-corrected chi connectivity index (χ3v) is 4.20. The number of nitrogens with two attached hydrogens (primary N) is 1. The van der Waals surface area contributed by atoms with E-state index in [4.69, 9.17) is 10.8 Å². The molecule has 4 nitrogen and oxygen atoms in total. The van der Waals surface area contributed by atoms with Crippen molar-refractivity contribution >= 4 is 22.9 Å². The molecule has 4 heteroatoms. The second kappa shape index (κ2) is 6.72. The highest BCUT2D eigenvalue weighted by Crippen LogP contribution is 2.23. The van der Waals surface area contributed by atoms with Gasteiger partial charge in [0.2, 0.25) is 0 Å². The summed E-state index contributed by atoms with van der Waals surface area (Å²) in [7, 11) is 0. The van der Waals surface area contributed by atoms with Crippen LogP contribution in [0.5, 0.6) is 0 Å². The highest BCUT2D eigenvalue weighted by atomic mass is 16.4. The maximum Gasteiger partial charge on any atom is 0.320 e. The Labute approximate surface area is 140 Å². The van der Waals surface area contributed by atoms with Gasteiger partial charge in [-0.1, -0.05) is 55.1 Å². The van der Waals surface area contributed by atoms with Crippen molar-refractivity contribution in [1.29, 1.82) is 0 Å². The van der Waals surface area contributed by atoms with Crippen LogP contribution in [-0.2, 0) is 17.8 Å². The maximum absolute atomic E-state index is 11.1. The minimum atomic E-state index is -0.980. The minimum absolute atomic E-state index is 0.318. The highest BCUT2D eigenvalue weighted by Gasteiger charge is 2.16. The van der Waals surface area contributed by atoms with Crippen molar-refractivity contribution in [3.8, 4) is 0 Å². The quantitative estimate of drug-likeness (QED) is 0.732. The number of fused-ring (bicyclic) bond motifs is 1. The SMILES string of the molecule is C=Cc1ccc(Cn2cc(C[C@H](N)C(=O)O)c3ccccc32)cc1. The monoisotopic (exact) mass is 320 g/mol. The van der Waals surface area contributed by atoms with Crippen molar-refractivity contribution in [3.05, 3.63) is 78.0 Å². The Morgan fingerprint density at radius 3 is 2.58 bits per heavy atom. The summed E-state index contributed by atoms with van der Waals surface area (Å²) >= 11 is 0. The lowest BCUT2D eigenvalue weighted by molar-refractivity contribution is -0.138. The minimum Gasteiger partial charge on any atom is -0.480 e. The molecule has 24 heavy (non-hydrogen) atoms. The molecule has 3 aromatic rings. The van der Waals surface area contributed by atoms with E-state index in [0.29, 0.717) is 6.42 Å². The van der Waals surface area contributed by atoms with Gasteiger partial charge in [-0.25, -0.2) is 0 Å². The summed E-state index contributed by atoms with van der Waals surface area (Å²) in [4.78, 5) is 11.1. The molecule has 0 unspecified atom stereocenters. The molecule has 2 aromatic carbocycles. The number of carboxylic acid groups (broad SMARTS) is 1. The van der Waals surface area contributed by atoms with E-state index in [9.17, 15) is 4.79 Å². The smallest absolute Gasteiger partial charge is 0.320 e. The predicted octanol–water partition coefficient (Wildman–Crippen LogP) is 3.29. The fraction of sp³-hybridized carbons (Fsp3) is 0.150. The van der Waals surface area contributed by atoms with Gasteiger partial charge in [0, 0.05) is 30.1 Å². The summed E-state index contributed by atoms with van der Waals surface area (Å²) < 4.78 is 2.14. The van der Waals surface area contributed by atoms with Gasteiger partial charge in [-0.15, -0.1) is 0 Å².